The van der Waals surface area contributed by atoms with Gasteiger partial charge in [0.25, 0.3) is 0 Å². The molecule has 0 saturated carbocycles. The summed E-state index contributed by atoms with van der Waals surface area (Å²) < 4.78 is 40.2. The third kappa shape index (κ3) is 8.04. The summed E-state index contributed by atoms with van der Waals surface area (Å²) in [5, 5.41) is 5.35. The lowest BCUT2D eigenvalue weighted by atomic mass is 10.3. The number of nitrogens with one attached hydrogen (secondary N) is 2. The van der Waals surface area contributed by atoms with Crippen molar-refractivity contribution in [3.8, 4) is 5.75 Å². The zero-order valence-electron chi connectivity index (χ0n) is 15.7. The Morgan fingerprint density at radius 2 is 1.59 bits per heavy atom. The summed E-state index contributed by atoms with van der Waals surface area (Å²) in [5.41, 5.74) is 1.01. The normalized spacial score (nSPS) is 11.2. The average molecular weight is 427 g/mol. The quantitative estimate of drug-likeness (QED) is 0.627. The number of thioether (sulfide) groups is 1. The van der Waals surface area contributed by atoms with Crippen LogP contribution in [0.15, 0.2) is 53.4 Å². The minimum Gasteiger partial charge on any atom is -0.406 e. The van der Waals surface area contributed by atoms with Crippen LogP contribution < -0.4 is 15.4 Å². The van der Waals surface area contributed by atoms with E-state index in [2.05, 4.69) is 15.4 Å². The Hall–Kier alpha value is -2.72. The Morgan fingerprint density at radius 3 is 2.17 bits per heavy atom. The third-order valence-corrected chi connectivity index (χ3v) is 4.38. The van der Waals surface area contributed by atoms with Gasteiger partial charge in [-0.25, -0.2) is 0 Å². The van der Waals surface area contributed by atoms with Gasteiger partial charge in [-0.1, -0.05) is 12.1 Å². The van der Waals surface area contributed by atoms with E-state index in [1.165, 1.54) is 28.8 Å². The second-order valence-electron chi connectivity index (χ2n) is 6.04. The molecule has 0 bridgehead atoms. The van der Waals surface area contributed by atoms with Crippen molar-refractivity contribution < 1.29 is 27.5 Å². The molecule has 2 aromatic carbocycles. The summed E-state index contributed by atoms with van der Waals surface area (Å²) in [6.07, 6.45) is -2.87. The number of alkyl halides is 3. The zero-order valence-corrected chi connectivity index (χ0v) is 16.6. The molecule has 0 aliphatic heterocycles. The van der Waals surface area contributed by atoms with Gasteiger partial charge in [0, 0.05) is 10.6 Å². The van der Waals surface area contributed by atoms with Crippen molar-refractivity contribution in [1.29, 1.82) is 0 Å². The van der Waals surface area contributed by atoms with Gasteiger partial charge in [0.1, 0.15) is 5.75 Å². The Balaban J connectivity index is 1.81. The van der Waals surface area contributed by atoms with Gasteiger partial charge in [-0.05, 0) is 49.7 Å². The highest BCUT2D eigenvalue weighted by Crippen LogP contribution is 2.25. The van der Waals surface area contributed by atoms with Crippen LogP contribution in [-0.2, 0) is 9.59 Å². The van der Waals surface area contributed by atoms with E-state index in [0.29, 0.717) is 11.4 Å². The van der Waals surface area contributed by atoms with Crippen LogP contribution >= 0.6 is 11.8 Å². The fraction of sp³-hybridized carbons (Fsp3) is 0.263. The van der Waals surface area contributed by atoms with Crippen molar-refractivity contribution in [2.24, 2.45) is 0 Å². The predicted molar refractivity (Wildman–Crippen MR) is 106 cm³/mol. The minimum atomic E-state index is -4.77. The highest BCUT2D eigenvalue weighted by Gasteiger charge is 2.30. The molecule has 2 N–H and O–H groups in total. The maximum atomic E-state index is 12.2. The zero-order chi connectivity index (χ0) is 21.4. The summed E-state index contributed by atoms with van der Waals surface area (Å²) in [6, 6.07) is 12.2. The maximum Gasteiger partial charge on any atom is 0.573 e. The molecule has 2 aromatic rings. The lowest BCUT2D eigenvalue weighted by molar-refractivity contribution is -0.274. The molecule has 2 amide bonds. The molecule has 0 aliphatic rings. The predicted octanol–water partition coefficient (Wildman–Crippen LogP) is 3.82. The van der Waals surface area contributed by atoms with Gasteiger partial charge >= 0.3 is 6.36 Å². The van der Waals surface area contributed by atoms with Crippen LogP contribution in [0.25, 0.3) is 0 Å². The molecular weight excluding hydrogens is 407 g/mol. The fourth-order valence-corrected chi connectivity index (χ4v) is 2.98. The van der Waals surface area contributed by atoms with Crippen LogP contribution in [-0.4, -0.2) is 49.5 Å². The largest absolute Gasteiger partial charge is 0.573 e. The first-order valence-corrected chi connectivity index (χ1v) is 9.66. The summed E-state index contributed by atoms with van der Waals surface area (Å²) >= 11 is 1.51. The first kappa shape index (κ1) is 22.6. The molecule has 10 heteroatoms. The van der Waals surface area contributed by atoms with E-state index < -0.39 is 12.3 Å². The van der Waals surface area contributed by atoms with Gasteiger partial charge in [0.2, 0.25) is 11.8 Å². The van der Waals surface area contributed by atoms with E-state index in [4.69, 9.17) is 0 Å². The molecule has 6 nitrogen and oxygen atoms in total. The summed E-state index contributed by atoms with van der Waals surface area (Å²) in [6.45, 7) is -0.0765. The van der Waals surface area contributed by atoms with Crippen molar-refractivity contribution in [2.75, 3.05) is 37.0 Å². The Labute approximate surface area is 170 Å². The SMILES string of the molecule is CSc1ccccc1NC(=O)CN(C)CC(=O)Nc1ccc(OC(F)(F)F)cc1. The standard InChI is InChI=1S/C19H20F3N3O3S/c1-25(12-18(27)24-15-5-3-4-6-16(15)29-2)11-17(26)23-13-7-9-14(10-8-13)28-19(20,21)22/h3-10H,11-12H2,1-2H3,(H,23,26)(H,24,27). The van der Waals surface area contributed by atoms with E-state index in [1.54, 1.807) is 13.1 Å². The van der Waals surface area contributed by atoms with E-state index in [0.717, 1.165) is 17.0 Å². The Kier molecular flexibility index (Phi) is 7.91. The first-order valence-electron chi connectivity index (χ1n) is 8.43. The number of hydrogen-bond acceptors (Lipinski definition) is 5. The highest BCUT2D eigenvalue weighted by molar-refractivity contribution is 7.98. The monoisotopic (exact) mass is 427 g/mol. The first-order chi connectivity index (χ1) is 13.7. The summed E-state index contributed by atoms with van der Waals surface area (Å²) in [5.74, 6) is -1.06. The number of halogens is 3. The van der Waals surface area contributed by atoms with Gasteiger partial charge in [-0.15, -0.1) is 24.9 Å². The number of nitrogens with zero attached hydrogens (tertiary/aromatic N) is 1. The topological polar surface area (TPSA) is 70.7 Å². The molecule has 0 fully saturated rings. The van der Waals surface area contributed by atoms with Crippen molar-refractivity contribution >= 4 is 35.0 Å². The van der Waals surface area contributed by atoms with Crippen molar-refractivity contribution in [1.82, 2.24) is 4.90 Å². The van der Waals surface area contributed by atoms with Gasteiger partial charge in [-0.3, -0.25) is 14.5 Å². The molecule has 2 rings (SSSR count). The van der Waals surface area contributed by atoms with E-state index in [9.17, 15) is 22.8 Å². The second kappa shape index (κ2) is 10.2. The van der Waals surface area contributed by atoms with Crippen LogP contribution in [0.5, 0.6) is 5.75 Å². The lowest BCUT2D eigenvalue weighted by Gasteiger charge is -2.17. The van der Waals surface area contributed by atoms with Gasteiger partial charge in [0.15, 0.2) is 0 Å². The van der Waals surface area contributed by atoms with Crippen LogP contribution in [0.3, 0.4) is 0 Å². The van der Waals surface area contributed by atoms with E-state index in [1.807, 2.05) is 24.5 Å². The third-order valence-electron chi connectivity index (χ3n) is 3.58. The minimum absolute atomic E-state index is 0.00546. The Morgan fingerprint density at radius 1 is 1.00 bits per heavy atom. The van der Waals surface area contributed by atoms with E-state index in [-0.39, 0.29) is 24.7 Å². The maximum absolute atomic E-state index is 12.2. The highest BCUT2D eigenvalue weighted by atomic mass is 32.2. The number of benzene rings is 2. The van der Waals surface area contributed by atoms with E-state index >= 15 is 0 Å². The second-order valence-corrected chi connectivity index (χ2v) is 6.89. The van der Waals surface area contributed by atoms with Gasteiger partial charge < -0.3 is 15.4 Å². The summed E-state index contributed by atoms with van der Waals surface area (Å²) in [4.78, 5) is 26.7. The number of likely N-dealkylation sites (N-methyl/N-ethyl adjacent to an activating group) is 1. The number of ether oxygens (including phenoxy) is 1. The lowest BCUT2D eigenvalue weighted by Crippen LogP contribution is -2.36. The summed E-state index contributed by atoms with van der Waals surface area (Å²) in [7, 11) is 1.61. The number of para-hydroxylation sites is 1. The molecule has 156 valence electrons. The number of hydrogen-bond donors (Lipinski definition) is 2. The van der Waals surface area contributed by atoms with Gasteiger partial charge in [0.05, 0.1) is 18.8 Å². The van der Waals surface area contributed by atoms with Crippen molar-refractivity contribution in [3.63, 3.8) is 0 Å². The molecular formula is C19H20F3N3O3S. The van der Waals surface area contributed by atoms with Crippen LogP contribution in [0.2, 0.25) is 0 Å². The smallest absolute Gasteiger partial charge is 0.406 e. The molecule has 0 atom stereocenters. The number of rotatable bonds is 8. The van der Waals surface area contributed by atoms with Crippen molar-refractivity contribution in [3.05, 3.63) is 48.5 Å². The van der Waals surface area contributed by atoms with Crippen LogP contribution in [0.1, 0.15) is 0 Å². The molecule has 0 heterocycles. The molecule has 29 heavy (non-hydrogen) atoms. The molecule has 0 aromatic heterocycles. The van der Waals surface area contributed by atoms with Crippen LogP contribution in [0.4, 0.5) is 24.5 Å². The molecule has 0 aliphatic carbocycles. The molecule has 0 saturated heterocycles. The Bertz CT molecular complexity index is 845. The number of anilines is 2. The average Bonchev–Trinajstić information content (AvgIpc) is 2.62. The van der Waals surface area contributed by atoms with Crippen LogP contribution in [0, 0.1) is 0 Å². The molecule has 0 unspecified atom stereocenters. The number of carbonyl (C=O) groups excluding carboxylic acids is 2. The van der Waals surface area contributed by atoms with Crippen molar-refractivity contribution in [2.45, 2.75) is 11.3 Å². The molecule has 0 radical (unpaired) electrons. The number of amides is 2. The fourth-order valence-electron chi connectivity index (χ4n) is 2.42. The number of carbonyl (C=O) groups is 2. The molecule has 0 spiro atoms. The van der Waals surface area contributed by atoms with Gasteiger partial charge in [-0.2, -0.15) is 0 Å².